The van der Waals surface area contributed by atoms with Crippen molar-refractivity contribution in [1.82, 2.24) is 14.9 Å². The van der Waals surface area contributed by atoms with Gasteiger partial charge in [-0.25, -0.2) is 18.7 Å². The molecule has 198 valence electrons. The van der Waals surface area contributed by atoms with Crippen molar-refractivity contribution in [3.8, 4) is 10.4 Å². The molecule has 1 aliphatic carbocycles. The van der Waals surface area contributed by atoms with E-state index in [0.717, 1.165) is 37.9 Å². The smallest absolute Gasteiger partial charge is 0.393 e. The molecule has 4 rings (SSSR count). The summed E-state index contributed by atoms with van der Waals surface area (Å²) in [5, 5.41) is 10.1. The Morgan fingerprint density at radius 2 is 1.94 bits per heavy atom. The van der Waals surface area contributed by atoms with Gasteiger partial charge in [-0.2, -0.15) is 13.2 Å². The number of carbonyl (C=O) groups excluding carboxylic acids is 2. The highest BCUT2D eigenvalue weighted by atomic mass is 32.1. The highest BCUT2D eigenvalue weighted by molar-refractivity contribution is 7.17. The normalized spacial score (nSPS) is 18.0. The van der Waals surface area contributed by atoms with Crippen molar-refractivity contribution in [2.45, 2.75) is 63.8 Å². The van der Waals surface area contributed by atoms with E-state index in [1.807, 2.05) is 12.2 Å². The number of nitrogens with one attached hydrogen (secondary N) is 1. The van der Waals surface area contributed by atoms with Crippen LogP contribution in [-0.2, 0) is 0 Å². The number of pyridine rings is 1. The minimum absolute atomic E-state index is 0.0388. The Balaban J connectivity index is 0.000000642. The summed E-state index contributed by atoms with van der Waals surface area (Å²) in [4.78, 5) is 33.9. The fourth-order valence-corrected chi connectivity index (χ4v) is 4.58. The zero-order chi connectivity index (χ0) is 26.6. The Morgan fingerprint density at radius 3 is 2.42 bits per heavy atom. The third kappa shape index (κ3) is 6.87. The number of amides is 2. The number of primary amides is 1. The lowest BCUT2D eigenvalue weighted by molar-refractivity contribution is -0.115. The summed E-state index contributed by atoms with van der Waals surface area (Å²) in [5.74, 6) is -1.88. The number of anilines is 1. The second kappa shape index (κ2) is 11.5. The molecule has 2 aromatic heterocycles. The monoisotopic (exact) mass is 535 g/mol. The molecule has 8 nitrogen and oxygen atoms in total. The number of thiazole rings is 1. The first-order valence-corrected chi connectivity index (χ1v) is 12.1. The van der Waals surface area contributed by atoms with E-state index in [-0.39, 0.29) is 33.3 Å². The van der Waals surface area contributed by atoms with E-state index in [9.17, 15) is 31.5 Å². The quantitative estimate of drug-likeness (QED) is 0.473. The zero-order valence-electron chi connectivity index (χ0n) is 19.3. The highest BCUT2D eigenvalue weighted by Crippen LogP contribution is 2.38. The number of nitrogens with zero attached hydrogens (tertiary/aromatic N) is 3. The fourth-order valence-electron chi connectivity index (χ4n) is 3.64. The van der Waals surface area contributed by atoms with E-state index in [1.165, 1.54) is 11.3 Å². The standard InChI is InChI=1S/C18H18F5N5O2S.C4H8O/c1-8-3-2-4-28(8)17(30)12-13(31-16(27-12)15(24)29)10-6-25-11(5-9(10)14(19)20)26-7-18(21,22)23;5-4-2-1-3-4/h5-6,8,14H,2-4,7H2,1H3,(H2,24,29)(H,25,26);4-5H,1-3H2. The molecule has 14 heteroatoms. The summed E-state index contributed by atoms with van der Waals surface area (Å²) in [6.45, 7) is 0.827. The van der Waals surface area contributed by atoms with Crippen molar-refractivity contribution in [3.05, 3.63) is 28.5 Å². The first-order valence-electron chi connectivity index (χ1n) is 11.3. The molecule has 1 saturated carbocycles. The topological polar surface area (TPSA) is 121 Å². The van der Waals surface area contributed by atoms with Crippen LogP contribution in [0.1, 0.15) is 71.3 Å². The number of nitrogens with two attached hydrogens (primary N) is 1. The molecule has 2 aromatic rings. The van der Waals surface area contributed by atoms with Crippen LogP contribution in [0.2, 0.25) is 0 Å². The molecule has 1 aliphatic heterocycles. The third-order valence-corrected chi connectivity index (χ3v) is 6.92. The lowest BCUT2D eigenvalue weighted by Gasteiger charge is -2.21. The predicted molar refractivity (Wildman–Crippen MR) is 123 cm³/mol. The van der Waals surface area contributed by atoms with Crippen LogP contribution in [-0.4, -0.2) is 63.2 Å². The Labute approximate surface area is 207 Å². The summed E-state index contributed by atoms with van der Waals surface area (Å²) in [6, 6.07) is 0.683. The van der Waals surface area contributed by atoms with Gasteiger partial charge in [0.2, 0.25) is 0 Å². The van der Waals surface area contributed by atoms with Crippen LogP contribution < -0.4 is 11.1 Å². The summed E-state index contributed by atoms with van der Waals surface area (Å²) in [5.41, 5.74) is 4.19. The number of hydrogen-bond acceptors (Lipinski definition) is 7. The maximum absolute atomic E-state index is 13.7. The number of aromatic nitrogens is 2. The number of alkyl halides is 5. The van der Waals surface area contributed by atoms with Crippen LogP contribution in [0.25, 0.3) is 10.4 Å². The number of hydrogen-bond donors (Lipinski definition) is 3. The SMILES string of the molecule is CC1CCCN1C(=O)c1nc(C(N)=O)sc1-c1cnc(NCC(F)(F)F)cc1C(F)F.OC1CCC1. The summed E-state index contributed by atoms with van der Waals surface area (Å²) in [6.07, 6.45) is -1.81. The average molecular weight is 536 g/mol. The number of halogens is 5. The molecule has 4 N–H and O–H groups in total. The number of carbonyl (C=O) groups is 2. The van der Waals surface area contributed by atoms with Gasteiger partial charge in [0.15, 0.2) is 5.01 Å². The van der Waals surface area contributed by atoms with Crippen molar-refractivity contribution >= 4 is 29.0 Å². The largest absolute Gasteiger partial charge is 0.405 e. The van der Waals surface area contributed by atoms with Gasteiger partial charge in [-0.3, -0.25) is 9.59 Å². The molecule has 3 heterocycles. The van der Waals surface area contributed by atoms with Crippen molar-refractivity contribution < 1.29 is 36.6 Å². The van der Waals surface area contributed by atoms with E-state index < -0.39 is 42.3 Å². The molecule has 0 radical (unpaired) electrons. The molecule has 1 saturated heterocycles. The lowest BCUT2D eigenvalue weighted by Crippen LogP contribution is -2.34. The number of aliphatic hydroxyl groups is 1. The summed E-state index contributed by atoms with van der Waals surface area (Å²) >= 11 is 0.657. The van der Waals surface area contributed by atoms with E-state index in [4.69, 9.17) is 10.8 Å². The maximum Gasteiger partial charge on any atom is 0.405 e. The molecule has 2 fully saturated rings. The van der Waals surface area contributed by atoms with Gasteiger partial charge in [-0.15, -0.1) is 11.3 Å². The molecular formula is C22H26F5N5O3S. The van der Waals surface area contributed by atoms with Crippen molar-refractivity contribution in [1.29, 1.82) is 0 Å². The molecule has 0 bridgehead atoms. The van der Waals surface area contributed by atoms with Crippen molar-refractivity contribution in [2.24, 2.45) is 5.73 Å². The van der Waals surface area contributed by atoms with Gasteiger partial charge in [-0.1, -0.05) is 0 Å². The van der Waals surface area contributed by atoms with Gasteiger partial charge in [0.1, 0.15) is 18.1 Å². The Bertz CT molecular complexity index is 1090. The number of likely N-dealkylation sites (tertiary alicyclic amines) is 1. The second-order valence-electron chi connectivity index (χ2n) is 8.56. The Kier molecular flexibility index (Phi) is 8.82. The molecule has 2 amide bonds. The average Bonchev–Trinajstić information content (AvgIpc) is 3.42. The van der Waals surface area contributed by atoms with Crippen molar-refractivity contribution in [2.75, 3.05) is 18.4 Å². The third-order valence-electron chi connectivity index (χ3n) is 5.81. The summed E-state index contributed by atoms with van der Waals surface area (Å²) in [7, 11) is 0. The fraction of sp³-hybridized carbons (Fsp3) is 0.545. The molecule has 36 heavy (non-hydrogen) atoms. The number of aliphatic hydroxyl groups excluding tert-OH is 1. The number of rotatable bonds is 6. The van der Waals surface area contributed by atoms with Crippen LogP contribution in [0.4, 0.5) is 27.8 Å². The summed E-state index contributed by atoms with van der Waals surface area (Å²) < 4.78 is 64.7. The minimum Gasteiger partial charge on any atom is -0.393 e. The van der Waals surface area contributed by atoms with Gasteiger partial charge in [0.25, 0.3) is 18.2 Å². The van der Waals surface area contributed by atoms with Crippen LogP contribution in [0.3, 0.4) is 0 Å². The van der Waals surface area contributed by atoms with Gasteiger partial charge in [0, 0.05) is 29.9 Å². The lowest BCUT2D eigenvalue weighted by atomic mass is 9.97. The van der Waals surface area contributed by atoms with E-state index in [0.29, 0.717) is 17.9 Å². The van der Waals surface area contributed by atoms with Gasteiger partial charge >= 0.3 is 6.18 Å². The van der Waals surface area contributed by atoms with Crippen LogP contribution in [0.5, 0.6) is 0 Å². The van der Waals surface area contributed by atoms with Gasteiger partial charge < -0.3 is 21.1 Å². The molecular weight excluding hydrogens is 509 g/mol. The van der Waals surface area contributed by atoms with E-state index >= 15 is 0 Å². The van der Waals surface area contributed by atoms with Crippen LogP contribution >= 0.6 is 11.3 Å². The van der Waals surface area contributed by atoms with E-state index in [1.54, 1.807) is 0 Å². The Hall–Kier alpha value is -2.87. The van der Waals surface area contributed by atoms with Gasteiger partial charge in [0.05, 0.1) is 11.0 Å². The zero-order valence-corrected chi connectivity index (χ0v) is 20.1. The highest BCUT2D eigenvalue weighted by Gasteiger charge is 2.33. The molecule has 0 spiro atoms. The first kappa shape index (κ1) is 27.7. The molecule has 1 atom stereocenters. The molecule has 1 unspecified atom stereocenters. The van der Waals surface area contributed by atoms with E-state index in [2.05, 4.69) is 9.97 Å². The van der Waals surface area contributed by atoms with Crippen LogP contribution in [0, 0.1) is 0 Å². The van der Waals surface area contributed by atoms with Crippen molar-refractivity contribution in [3.63, 3.8) is 0 Å². The minimum atomic E-state index is -4.56. The molecule has 2 aliphatic rings. The van der Waals surface area contributed by atoms with Crippen LogP contribution in [0.15, 0.2) is 12.3 Å². The maximum atomic E-state index is 13.7. The molecule has 0 aromatic carbocycles. The second-order valence-corrected chi connectivity index (χ2v) is 9.56. The van der Waals surface area contributed by atoms with Gasteiger partial charge in [-0.05, 0) is 45.1 Å². The first-order chi connectivity index (χ1) is 16.9. The Morgan fingerprint density at radius 1 is 1.28 bits per heavy atom. The predicted octanol–water partition coefficient (Wildman–Crippen LogP) is 4.37.